The molecular formula is C23H29N5O5. The molecule has 1 aromatic carbocycles. The van der Waals surface area contributed by atoms with Crippen LogP contribution in [-0.2, 0) is 15.1 Å². The number of nitrogens with zero attached hydrogens (tertiary/aromatic N) is 2. The molecule has 1 atom stereocenters. The van der Waals surface area contributed by atoms with Gasteiger partial charge >= 0.3 is 12.0 Å². The summed E-state index contributed by atoms with van der Waals surface area (Å²) in [4.78, 5) is 30.0. The number of urea groups is 1. The lowest BCUT2D eigenvalue weighted by Crippen LogP contribution is -2.50. The van der Waals surface area contributed by atoms with Crippen molar-refractivity contribution in [2.24, 2.45) is 0 Å². The molecule has 1 saturated carbocycles. The van der Waals surface area contributed by atoms with E-state index in [-0.39, 0.29) is 13.2 Å². The highest BCUT2D eigenvalue weighted by Gasteiger charge is 2.41. The third-order valence-electron chi connectivity index (χ3n) is 6.11. The number of methoxy groups -OCH3 is 1. The minimum Gasteiger partial charge on any atom is -0.497 e. The quantitative estimate of drug-likeness (QED) is 0.519. The second-order valence-electron chi connectivity index (χ2n) is 8.20. The first kappa shape index (κ1) is 22.8. The number of benzene rings is 1. The van der Waals surface area contributed by atoms with Crippen LogP contribution in [0.3, 0.4) is 0 Å². The molecule has 1 fully saturated rings. The molecule has 2 amide bonds. The van der Waals surface area contributed by atoms with E-state index in [1.807, 2.05) is 12.1 Å². The SMILES string of the molecule is CCOC(=O)C1=C(CNC2(c3noc(C)n3)CCCC2)NC(=O)NC1c1ccc(OC)cc1. The van der Waals surface area contributed by atoms with Crippen LogP contribution in [0.1, 0.15) is 55.9 Å². The van der Waals surface area contributed by atoms with E-state index in [9.17, 15) is 9.59 Å². The Morgan fingerprint density at radius 2 is 2.00 bits per heavy atom. The number of rotatable bonds is 8. The van der Waals surface area contributed by atoms with Crippen molar-refractivity contribution in [3.63, 3.8) is 0 Å². The molecule has 1 aliphatic heterocycles. The fourth-order valence-electron chi connectivity index (χ4n) is 4.46. The van der Waals surface area contributed by atoms with Crippen molar-refractivity contribution in [1.29, 1.82) is 0 Å². The van der Waals surface area contributed by atoms with Crippen LogP contribution >= 0.6 is 0 Å². The van der Waals surface area contributed by atoms with Gasteiger partial charge in [-0.3, -0.25) is 5.32 Å². The van der Waals surface area contributed by atoms with Crippen LogP contribution in [0.4, 0.5) is 4.79 Å². The predicted molar refractivity (Wildman–Crippen MR) is 118 cm³/mol. The van der Waals surface area contributed by atoms with Gasteiger partial charge in [-0.1, -0.05) is 30.1 Å². The van der Waals surface area contributed by atoms with Gasteiger partial charge in [-0.2, -0.15) is 4.98 Å². The number of hydrogen-bond donors (Lipinski definition) is 3. The number of aromatic nitrogens is 2. The van der Waals surface area contributed by atoms with Crippen molar-refractivity contribution >= 4 is 12.0 Å². The molecule has 0 spiro atoms. The first-order valence-corrected chi connectivity index (χ1v) is 11.1. The smallest absolute Gasteiger partial charge is 0.338 e. The number of amides is 2. The number of nitrogens with one attached hydrogen (secondary N) is 3. The molecule has 10 heteroatoms. The minimum absolute atomic E-state index is 0.221. The molecule has 3 N–H and O–H groups in total. The van der Waals surface area contributed by atoms with E-state index < -0.39 is 23.6 Å². The normalized spacial score (nSPS) is 19.7. The largest absolute Gasteiger partial charge is 0.497 e. The molecule has 33 heavy (non-hydrogen) atoms. The average Bonchev–Trinajstić information content (AvgIpc) is 3.47. The second kappa shape index (κ2) is 9.62. The van der Waals surface area contributed by atoms with Crippen molar-refractivity contribution in [3.05, 3.63) is 52.8 Å². The number of ether oxygens (including phenoxy) is 2. The van der Waals surface area contributed by atoms with Gasteiger partial charge in [0.2, 0.25) is 5.89 Å². The highest BCUT2D eigenvalue weighted by molar-refractivity contribution is 5.95. The summed E-state index contributed by atoms with van der Waals surface area (Å²) in [6.45, 7) is 3.97. The van der Waals surface area contributed by atoms with E-state index >= 15 is 0 Å². The molecule has 2 heterocycles. The number of hydrogen-bond acceptors (Lipinski definition) is 8. The van der Waals surface area contributed by atoms with E-state index in [1.165, 1.54) is 0 Å². The third-order valence-corrected chi connectivity index (χ3v) is 6.11. The summed E-state index contributed by atoms with van der Waals surface area (Å²) in [7, 11) is 1.58. The van der Waals surface area contributed by atoms with Crippen molar-refractivity contribution in [2.75, 3.05) is 20.3 Å². The average molecular weight is 456 g/mol. The van der Waals surface area contributed by atoms with Crippen molar-refractivity contribution < 1.29 is 23.6 Å². The standard InChI is InChI=1S/C23H29N5O5/c1-4-32-20(29)18-17(13-24-23(11-5-6-12-23)21-25-14(2)33-28-21)26-22(30)27-19(18)15-7-9-16(31-3)10-8-15/h7-10,19,24H,4-6,11-13H2,1-3H3,(H2,26,27,30). The lowest BCUT2D eigenvalue weighted by Gasteiger charge is -2.32. The molecule has 0 bridgehead atoms. The highest BCUT2D eigenvalue weighted by Crippen LogP contribution is 2.38. The van der Waals surface area contributed by atoms with E-state index in [1.54, 1.807) is 33.1 Å². The van der Waals surface area contributed by atoms with E-state index in [2.05, 4.69) is 26.1 Å². The maximum atomic E-state index is 13.0. The molecule has 2 aliphatic rings. The number of carbonyl (C=O) groups is 2. The molecule has 1 unspecified atom stereocenters. The Hall–Kier alpha value is -3.40. The van der Waals surface area contributed by atoms with Crippen LogP contribution < -0.4 is 20.7 Å². The number of aryl methyl sites for hydroxylation is 1. The Balaban J connectivity index is 1.68. The van der Waals surface area contributed by atoms with Crippen LogP contribution in [0, 0.1) is 6.92 Å². The van der Waals surface area contributed by atoms with Gasteiger partial charge in [-0.15, -0.1) is 0 Å². The molecule has 176 valence electrons. The molecule has 0 radical (unpaired) electrons. The summed E-state index contributed by atoms with van der Waals surface area (Å²) in [5.74, 6) is 1.29. The number of carbonyl (C=O) groups excluding carboxylic acids is 2. The Morgan fingerprint density at radius 3 is 2.61 bits per heavy atom. The van der Waals surface area contributed by atoms with Gasteiger partial charge in [0.15, 0.2) is 5.82 Å². The lowest BCUT2D eigenvalue weighted by atomic mass is 9.93. The molecule has 1 aliphatic carbocycles. The maximum absolute atomic E-state index is 13.0. The monoisotopic (exact) mass is 455 g/mol. The van der Waals surface area contributed by atoms with E-state index in [4.69, 9.17) is 14.0 Å². The molecule has 10 nitrogen and oxygen atoms in total. The number of esters is 1. The minimum atomic E-state index is -0.660. The van der Waals surface area contributed by atoms with Crippen LogP contribution in [0.5, 0.6) is 5.75 Å². The topological polar surface area (TPSA) is 128 Å². The summed E-state index contributed by atoms with van der Waals surface area (Å²) in [6, 6.07) is 6.16. The fourth-order valence-corrected chi connectivity index (χ4v) is 4.46. The predicted octanol–water partition coefficient (Wildman–Crippen LogP) is 2.62. The van der Waals surface area contributed by atoms with Crippen LogP contribution in [0.25, 0.3) is 0 Å². The summed E-state index contributed by atoms with van der Waals surface area (Å²) >= 11 is 0. The van der Waals surface area contributed by atoms with Gasteiger partial charge in [0.1, 0.15) is 5.75 Å². The summed E-state index contributed by atoms with van der Waals surface area (Å²) in [5, 5.41) is 13.3. The van der Waals surface area contributed by atoms with Gasteiger partial charge in [0.05, 0.1) is 30.9 Å². The maximum Gasteiger partial charge on any atom is 0.338 e. The van der Waals surface area contributed by atoms with Crippen molar-refractivity contribution in [3.8, 4) is 5.75 Å². The molecule has 4 rings (SSSR count). The van der Waals surface area contributed by atoms with Gasteiger partial charge in [-0.25, -0.2) is 9.59 Å². The lowest BCUT2D eigenvalue weighted by molar-refractivity contribution is -0.139. The highest BCUT2D eigenvalue weighted by atomic mass is 16.5. The molecular weight excluding hydrogens is 426 g/mol. The summed E-state index contributed by atoms with van der Waals surface area (Å²) < 4.78 is 15.8. The molecule has 0 saturated heterocycles. The summed E-state index contributed by atoms with van der Waals surface area (Å²) in [5.41, 5.74) is 1.09. The van der Waals surface area contributed by atoms with Crippen LogP contribution in [-0.4, -0.2) is 42.4 Å². The van der Waals surface area contributed by atoms with Gasteiger partial charge in [0, 0.05) is 19.2 Å². The third kappa shape index (κ3) is 4.70. The van der Waals surface area contributed by atoms with Crippen LogP contribution in [0.2, 0.25) is 0 Å². The first-order valence-electron chi connectivity index (χ1n) is 11.1. The second-order valence-corrected chi connectivity index (χ2v) is 8.20. The molecule has 2 aromatic rings. The Kier molecular flexibility index (Phi) is 6.64. The van der Waals surface area contributed by atoms with Crippen molar-refractivity contribution in [2.45, 2.75) is 51.1 Å². The van der Waals surface area contributed by atoms with Gasteiger partial charge < -0.3 is 24.6 Å². The Bertz CT molecular complexity index is 1040. The zero-order valence-electron chi connectivity index (χ0n) is 19.1. The fraction of sp³-hybridized carbons (Fsp3) is 0.478. The van der Waals surface area contributed by atoms with Gasteiger partial charge in [0.25, 0.3) is 0 Å². The van der Waals surface area contributed by atoms with E-state index in [0.717, 1.165) is 31.2 Å². The zero-order chi connectivity index (χ0) is 23.4. The molecule has 1 aromatic heterocycles. The van der Waals surface area contributed by atoms with Crippen LogP contribution in [0.15, 0.2) is 40.1 Å². The van der Waals surface area contributed by atoms with Gasteiger partial charge in [-0.05, 0) is 37.5 Å². The summed E-state index contributed by atoms with van der Waals surface area (Å²) in [6.07, 6.45) is 3.71. The Morgan fingerprint density at radius 1 is 1.27 bits per heavy atom. The van der Waals surface area contributed by atoms with E-state index in [0.29, 0.717) is 28.7 Å². The Labute approximate surface area is 192 Å². The zero-order valence-corrected chi connectivity index (χ0v) is 19.1. The van der Waals surface area contributed by atoms with Crippen molar-refractivity contribution in [1.82, 2.24) is 26.1 Å². The first-order chi connectivity index (χ1) is 16.0.